The van der Waals surface area contributed by atoms with Crippen molar-refractivity contribution in [2.24, 2.45) is 5.84 Å². The molecule has 7 heteroatoms. The summed E-state index contributed by atoms with van der Waals surface area (Å²) in [5.41, 5.74) is 2.33. The number of nitrogens with two attached hydrogens (primary N) is 1. The summed E-state index contributed by atoms with van der Waals surface area (Å²) in [5.74, 6) is 5.44. The third-order valence-electron chi connectivity index (χ3n) is 1.62. The Hall–Kier alpha value is -1.89. The summed E-state index contributed by atoms with van der Waals surface area (Å²) < 4.78 is 10.6. The van der Waals surface area contributed by atoms with Crippen molar-refractivity contribution in [2.75, 3.05) is 12.0 Å². The molecular formula is C10H17N5O2. The fraction of sp³-hybridized carbons (Fsp3) is 0.500. The molecule has 0 saturated carbocycles. The van der Waals surface area contributed by atoms with Crippen molar-refractivity contribution in [3.8, 4) is 12.0 Å². The topological polar surface area (TPSA) is 95.2 Å². The van der Waals surface area contributed by atoms with Crippen molar-refractivity contribution in [1.82, 2.24) is 15.0 Å². The average Bonchev–Trinajstić information content (AvgIpc) is 2.28. The van der Waals surface area contributed by atoms with Gasteiger partial charge in [-0.05, 0) is 20.3 Å². The van der Waals surface area contributed by atoms with Crippen LogP contribution in [0.1, 0.15) is 20.3 Å². The predicted octanol–water partition coefficient (Wildman–Crippen LogP) is 0.899. The van der Waals surface area contributed by atoms with Gasteiger partial charge in [-0.1, -0.05) is 6.08 Å². The standard InChI is InChI=1S/C10H17N5O2/c1-4-5-6-16-9-12-8(15-11)13-10(14-9)17-7(2)3/h4,7H,1,5-6,11H2,2-3H3,(H,12,13,14,15). The summed E-state index contributed by atoms with van der Waals surface area (Å²) in [5, 5.41) is 0. The van der Waals surface area contributed by atoms with Crippen LogP contribution in [-0.4, -0.2) is 27.7 Å². The van der Waals surface area contributed by atoms with Gasteiger partial charge in [-0.25, -0.2) is 5.84 Å². The van der Waals surface area contributed by atoms with Gasteiger partial charge >= 0.3 is 12.0 Å². The number of rotatable bonds is 7. The Morgan fingerprint density at radius 2 is 2.06 bits per heavy atom. The zero-order valence-electron chi connectivity index (χ0n) is 10.0. The third-order valence-corrected chi connectivity index (χ3v) is 1.62. The molecule has 3 N–H and O–H groups in total. The maximum absolute atomic E-state index is 5.35. The number of nitrogen functional groups attached to an aromatic ring is 1. The predicted molar refractivity (Wildman–Crippen MR) is 63.7 cm³/mol. The molecule has 0 aliphatic rings. The summed E-state index contributed by atoms with van der Waals surface area (Å²) >= 11 is 0. The van der Waals surface area contributed by atoms with E-state index in [9.17, 15) is 0 Å². The third kappa shape index (κ3) is 4.64. The smallest absolute Gasteiger partial charge is 0.324 e. The van der Waals surface area contributed by atoms with Gasteiger partial charge < -0.3 is 9.47 Å². The van der Waals surface area contributed by atoms with Crippen molar-refractivity contribution in [2.45, 2.75) is 26.4 Å². The molecule has 94 valence electrons. The zero-order valence-corrected chi connectivity index (χ0v) is 10.0. The molecule has 0 radical (unpaired) electrons. The summed E-state index contributed by atoms with van der Waals surface area (Å²) in [6.45, 7) is 7.78. The van der Waals surface area contributed by atoms with Crippen molar-refractivity contribution in [3.05, 3.63) is 12.7 Å². The Labute approximate surface area is 100 Å². The van der Waals surface area contributed by atoms with Crippen molar-refractivity contribution in [1.29, 1.82) is 0 Å². The van der Waals surface area contributed by atoms with E-state index in [0.717, 1.165) is 0 Å². The second-order valence-electron chi connectivity index (χ2n) is 3.46. The van der Waals surface area contributed by atoms with Crippen LogP contribution in [0.3, 0.4) is 0 Å². The highest BCUT2D eigenvalue weighted by atomic mass is 16.5. The van der Waals surface area contributed by atoms with Gasteiger partial charge in [-0.15, -0.1) is 11.6 Å². The SMILES string of the molecule is C=CCCOc1nc(NN)nc(OC(C)C)n1. The molecule has 0 aromatic carbocycles. The molecule has 0 aliphatic heterocycles. The molecular weight excluding hydrogens is 222 g/mol. The molecule has 0 unspecified atom stereocenters. The van der Waals surface area contributed by atoms with Crippen molar-refractivity contribution < 1.29 is 9.47 Å². The number of anilines is 1. The number of hydrazine groups is 1. The van der Waals surface area contributed by atoms with Crippen LogP contribution in [0.4, 0.5) is 5.95 Å². The highest BCUT2D eigenvalue weighted by molar-refractivity contribution is 5.25. The molecule has 0 aliphatic carbocycles. The molecule has 0 fully saturated rings. The molecule has 0 bridgehead atoms. The van der Waals surface area contributed by atoms with E-state index in [-0.39, 0.29) is 24.1 Å². The lowest BCUT2D eigenvalue weighted by molar-refractivity contribution is 0.214. The molecule has 0 spiro atoms. The first kappa shape index (κ1) is 13.2. The van der Waals surface area contributed by atoms with Crippen molar-refractivity contribution >= 4 is 5.95 Å². The largest absolute Gasteiger partial charge is 0.463 e. The van der Waals surface area contributed by atoms with Crippen LogP contribution in [0.5, 0.6) is 12.0 Å². The number of hydrogen-bond donors (Lipinski definition) is 2. The molecule has 1 heterocycles. The van der Waals surface area contributed by atoms with E-state index in [1.54, 1.807) is 6.08 Å². The maximum atomic E-state index is 5.35. The van der Waals surface area contributed by atoms with E-state index in [1.165, 1.54) is 0 Å². The molecule has 1 aromatic rings. The first-order chi connectivity index (χ1) is 8.15. The van der Waals surface area contributed by atoms with Crippen LogP contribution in [0.25, 0.3) is 0 Å². The van der Waals surface area contributed by atoms with Crippen LogP contribution in [-0.2, 0) is 0 Å². The quantitative estimate of drug-likeness (QED) is 0.316. The second-order valence-corrected chi connectivity index (χ2v) is 3.46. The fourth-order valence-corrected chi connectivity index (χ4v) is 0.964. The Morgan fingerprint density at radius 3 is 2.65 bits per heavy atom. The van der Waals surface area contributed by atoms with Gasteiger partial charge in [0.25, 0.3) is 0 Å². The summed E-state index contributed by atoms with van der Waals surface area (Å²) in [4.78, 5) is 11.9. The molecule has 0 saturated heterocycles. The van der Waals surface area contributed by atoms with Gasteiger partial charge in [-0.3, -0.25) is 5.43 Å². The van der Waals surface area contributed by atoms with Gasteiger partial charge in [0.1, 0.15) is 0 Å². The normalized spacial score (nSPS) is 10.1. The van der Waals surface area contributed by atoms with Crippen LogP contribution < -0.4 is 20.7 Å². The van der Waals surface area contributed by atoms with E-state index in [4.69, 9.17) is 15.3 Å². The van der Waals surface area contributed by atoms with Crippen LogP contribution in [0.15, 0.2) is 12.7 Å². The lowest BCUT2D eigenvalue weighted by atomic mass is 10.5. The molecule has 1 rings (SSSR count). The van der Waals surface area contributed by atoms with Crippen LogP contribution in [0, 0.1) is 0 Å². The summed E-state index contributed by atoms with van der Waals surface area (Å²) in [6.07, 6.45) is 2.41. The Bertz CT molecular complexity index is 370. The molecule has 17 heavy (non-hydrogen) atoms. The number of nitrogens with zero attached hydrogens (tertiary/aromatic N) is 3. The van der Waals surface area contributed by atoms with Gasteiger partial charge in [0, 0.05) is 0 Å². The Balaban J connectivity index is 2.77. The minimum atomic E-state index is -0.0379. The molecule has 1 aromatic heterocycles. The minimum absolute atomic E-state index is 0.0379. The van der Waals surface area contributed by atoms with E-state index in [1.807, 2.05) is 13.8 Å². The number of nitrogens with one attached hydrogen (secondary N) is 1. The van der Waals surface area contributed by atoms with Gasteiger partial charge in [0.2, 0.25) is 5.95 Å². The van der Waals surface area contributed by atoms with Gasteiger partial charge in [0.15, 0.2) is 0 Å². The Morgan fingerprint density at radius 1 is 1.35 bits per heavy atom. The minimum Gasteiger partial charge on any atom is -0.463 e. The molecule has 0 atom stereocenters. The monoisotopic (exact) mass is 239 g/mol. The summed E-state index contributed by atoms with van der Waals surface area (Å²) in [6, 6.07) is 0.349. The van der Waals surface area contributed by atoms with E-state index in [0.29, 0.717) is 13.0 Å². The fourth-order valence-electron chi connectivity index (χ4n) is 0.964. The van der Waals surface area contributed by atoms with Crippen LogP contribution in [0.2, 0.25) is 0 Å². The number of ether oxygens (including phenoxy) is 2. The van der Waals surface area contributed by atoms with Gasteiger partial charge in [0.05, 0.1) is 12.7 Å². The van der Waals surface area contributed by atoms with Crippen molar-refractivity contribution in [3.63, 3.8) is 0 Å². The average molecular weight is 239 g/mol. The van der Waals surface area contributed by atoms with E-state index in [2.05, 4.69) is 27.0 Å². The first-order valence-corrected chi connectivity index (χ1v) is 5.28. The lowest BCUT2D eigenvalue weighted by Gasteiger charge is -2.10. The Kier molecular flexibility index (Phi) is 5.15. The maximum Gasteiger partial charge on any atom is 0.324 e. The number of aromatic nitrogens is 3. The highest BCUT2D eigenvalue weighted by Gasteiger charge is 2.08. The molecule has 0 amide bonds. The van der Waals surface area contributed by atoms with Gasteiger partial charge in [-0.2, -0.15) is 9.97 Å². The number of hydrogen-bond acceptors (Lipinski definition) is 7. The van der Waals surface area contributed by atoms with E-state index < -0.39 is 0 Å². The molecule has 7 nitrogen and oxygen atoms in total. The second kappa shape index (κ2) is 6.64. The first-order valence-electron chi connectivity index (χ1n) is 5.28. The highest BCUT2D eigenvalue weighted by Crippen LogP contribution is 2.13. The van der Waals surface area contributed by atoms with Crippen LogP contribution >= 0.6 is 0 Å². The zero-order chi connectivity index (χ0) is 12.7. The lowest BCUT2D eigenvalue weighted by Crippen LogP contribution is -2.15. The van der Waals surface area contributed by atoms with E-state index >= 15 is 0 Å². The summed E-state index contributed by atoms with van der Waals surface area (Å²) in [7, 11) is 0.